The topological polar surface area (TPSA) is 41.5 Å². The van der Waals surface area contributed by atoms with Crippen LogP contribution in [0.25, 0.3) is 0 Å². The summed E-state index contributed by atoms with van der Waals surface area (Å²) in [5, 5.41) is 13.3. The maximum atomic E-state index is 9.30. The van der Waals surface area contributed by atoms with Crippen LogP contribution in [0.15, 0.2) is 72.8 Å². The minimum atomic E-state index is 0.260. The molecule has 0 unspecified atom stereocenters. The Morgan fingerprint density at radius 3 is 2.50 bits per heavy atom. The standard InChI is InChI=1S/C20H18ClNO2/c21-20-7-2-1-5-16(20)14-24-19-6-3-4-15(12-19)13-22-17-8-10-18(23)11-9-17/h1-12,22-23H,13-14H2. The van der Waals surface area contributed by atoms with Gasteiger partial charge in [0.1, 0.15) is 18.1 Å². The molecular formula is C20H18ClNO2. The molecule has 0 radical (unpaired) electrons. The van der Waals surface area contributed by atoms with Gasteiger partial charge in [-0.1, -0.05) is 41.9 Å². The molecule has 122 valence electrons. The third-order valence-corrected chi connectivity index (χ3v) is 3.98. The number of anilines is 1. The average molecular weight is 340 g/mol. The molecule has 0 aliphatic heterocycles. The molecule has 0 aromatic heterocycles. The molecule has 0 saturated heterocycles. The number of rotatable bonds is 6. The van der Waals surface area contributed by atoms with Gasteiger partial charge in [-0.15, -0.1) is 0 Å². The van der Waals surface area contributed by atoms with Crippen molar-refractivity contribution in [1.82, 2.24) is 0 Å². The highest BCUT2D eigenvalue weighted by Gasteiger charge is 2.02. The molecule has 3 aromatic carbocycles. The van der Waals surface area contributed by atoms with E-state index in [0.717, 1.165) is 22.6 Å². The maximum absolute atomic E-state index is 9.30. The number of hydrogen-bond acceptors (Lipinski definition) is 3. The van der Waals surface area contributed by atoms with E-state index in [0.29, 0.717) is 18.2 Å². The summed E-state index contributed by atoms with van der Waals surface area (Å²) in [6.45, 7) is 1.11. The van der Waals surface area contributed by atoms with Crippen LogP contribution >= 0.6 is 11.6 Å². The van der Waals surface area contributed by atoms with Crippen molar-refractivity contribution in [2.45, 2.75) is 13.2 Å². The zero-order valence-electron chi connectivity index (χ0n) is 13.1. The fourth-order valence-electron chi connectivity index (χ4n) is 2.31. The molecule has 0 heterocycles. The predicted molar refractivity (Wildman–Crippen MR) is 97.7 cm³/mol. The first-order chi connectivity index (χ1) is 11.7. The van der Waals surface area contributed by atoms with Crippen molar-refractivity contribution in [1.29, 1.82) is 0 Å². The lowest BCUT2D eigenvalue weighted by Gasteiger charge is -2.10. The van der Waals surface area contributed by atoms with Crippen LogP contribution in [0.1, 0.15) is 11.1 Å². The van der Waals surface area contributed by atoms with Gasteiger partial charge >= 0.3 is 0 Å². The van der Waals surface area contributed by atoms with Crippen LogP contribution in [-0.2, 0) is 13.2 Å². The molecule has 3 rings (SSSR count). The van der Waals surface area contributed by atoms with Crippen molar-refractivity contribution in [3.8, 4) is 11.5 Å². The largest absolute Gasteiger partial charge is 0.508 e. The second kappa shape index (κ2) is 7.75. The quantitative estimate of drug-likeness (QED) is 0.604. The van der Waals surface area contributed by atoms with Gasteiger partial charge in [-0.3, -0.25) is 0 Å². The number of phenolic OH excluding ortho intramolecular Hbond substituents is 1. The summed E-state index contributed by atoms with van der Waals surface area (Å²) in [6.07, 6.45) is 0. The van der Waals surface area contributed by atoms with Crippen LogP contribution < -0.4 is 10.1 Å². The number of halogens is 1. The van der Waals surface area contributed by atoms with Crippen molar-refractivity contribution < 1.29 is 9.84 Å². The lowest BCUT2D eigenvalue weighted by molar-refractivity contribution is 0.306. The first-order valence-electron chi connectivity index (χ1n) is 7.69. The van der Waals surface area contributed by atoms with Gasteiger partial charge in [0.15, 0.2) is 0 Å². The van der Waals surface area contributed by atoms with E-state index in [2.05, 4.69) is 5.32 Å². The van der Waals surface area contributed by atoms with E-state index in [1.54, 1.807) is 12.1 Å². The summed E-state index contributed by atoms with van der Waals surface area (Å²) in [5.74, 6) is 1.07. The molecule has 0 saturated carbocycles. The number of benzene rings is 3. The summed E-state index contributed by atoms with van der Waals surface area (Å²) >= 11 is 6.14. The van der Waals surface area contributed by atoms with Gasteiger partial charge in [0.25, 0.3) is 0 Å². The lowest BCUT2D eigenvalue weighted by atomic mass is 10.2. The monoisotopic (exact) mass is 339 g/mol. The lowest BCUT2D eigenvalue weighted by Crippen LogP contribution is -2.00. The normalized spacial score (nSPS) is 10.4. The molecule has 0 aliphatic rings. The molecule has 4 heteroatoms. The van der Waals surface area contributed by atoms with Crippen LogP contribution in [-0.4, -0.2) is 5.11 Å². The molecule has 0 spiro atoms. The average Bonchev–Trinajstić information content (AvgIpc) is 2.61. The Morgan fingerprint density at radius 2 is 1.71 bits per heavy atom. The zero-order chi connectivity index (χ0) is 16.8. The Morgan fingerprint density at radius 1 is 0.917 bits per heavy atom. The highest BCUT2D eigenvalue weighted by Crippen LogP contribution is 2.20. The van der Waals surface area contributed by atoms with Gasteiger partial charge in [-0.05, 0) is 48.0 Å². The number of nitrogens with one attached hydrogen (secondary N) is 1. The zero-order valence-corrected chi connectivity index (χ0v) is 13.8. The number of phenols is 1. The highest BCUT2D eigenvalue weighted by atomic mass is 35.5. The molecule has 0 amide bonds. The smallest absolute Gasteiger partial charge is 0.120 e. The molecule has 3 nitrogen and oxygen atoms in total. The summed E-state index contributed by atoms with van der Waals surface area (Å²) in [6, 6.07) is 22.6. The first-order valence-corrected chi connectivity index (χ1v) is 8.06. The number of ether oxygens (including phenoxy) is 1. The number of hydrogen-bond donors (Lipinski definition) is 2. The van der Waals surface area contributed by atoms with Crippen molar-refractivity contribution in [2.24, 2.45) is 0 Å². The van der Waals surface area contributed by atoms with E-state index in [4.69, 9.17) is 16.3 Å². The van der Waals surface area contributed by atoms with Crippen LogP contribution in [0, 0.1) is 0 Å². The fraction of sp³-hybridized carbons (Fsp3) is 0.100. The SMILES string of the molecule is Oc1ccc(NCc2cccc(OCc3ccccc3Cl)c2)cc1. The molecule has 0 aliphatic carbocycles. The van der Waals surface area contributed by atoms with Gasteiger partial charge in [0.05, 0.1) is 0 Å². The fourth-order valence-corrected chi connectivity index (χ4v) is 2.50. The van der Waals surface area contributed by atoms with Gasteiger partial charge < -0.3 is 15.2 Å². The summed E-state index contributed by atoms with van der Waals surface area (Å²) in [7, 11) is 0. The highest BCUT2D eigenvalue weighted by molar-refractivity contribution is 6.31. The van der Waals surface area contributed by atoms with Gasteiger partial charge in [-0.2, -0.15) is 0 Å². The predicted octanol–water partition coefficient (Wildman–Crippen LogP) is 5.24. The van der Waals surface area contributed by atoms with E-state index >= 15 is 0 Å². The second-order valence-corrected chi connectivity index (χ2v) is 5.84. The van der Waals surface area contributed by atoms with E-state index in [1.807, 2.05) is 60.7 Å². The Balaban J connectivity index is 1.59. The maximum Gasteiger partial charge on any atom is 0.120 e. The molecule has 2 N–H and O–H groups in total. The molecule has 0 bridgehead atoms. The summed E-state index contributed by atoms with van der Waals surface area (Å²) < 4.78 is 5.84. The van der Waals surface area contributed by atoms with E-state index in [9.17, 15) is 5.11 Å². The molecular weight excluding hydrogens is 322 g/mol. The first kappa shape index (κ1) is 16.2. The second-order valence-electron chi connectivity index (χ2n) is 5.43. The summed E-state index contributed by atoms with van der Waals surface area (Å²) in [4.78, 5) is 0. The Kier molecular flexibility index (Phi) is 5.24. The van der Waals surface area contributed by atoms with Gasteiger partial charge in [0, 0.05) is 22.8 Å². The van der Waals surface area contributed by atoms with E-state index in [-0.39, 0.29) is 5.75 Å². The number of aromatic hydroxyl groups is 1. The van der Waals surface area contributed by atoms with Crippen LogP contribution in [0.2, 0.25) is 5.02 Å². The Labute approximate surface area is 146 Å². The molecule has 3 aromatic rings. The third kappa shape index (κ3) is 4.43. The minimum Gasteiger partial charge on any atom is -0.508 e. The van der Waals surface area contributed by atoms with Gasteiger partial charge in [0.2, 0.25) is 0 Å². The van der Waals surface area contributed by atoms with E-state index in [1.165, 1.54) is 0 Å². The van der Waals surface area contributed by atoms with E-state index < -0.39 is 0 Å². The Hall–Kier alpha value is -2.65. The van der Waals surface area contributed by atoms with Crippen molar-refractivity contribution in [3.63, 3.8) is 0 Å². The van der Waals surface area contributed by atoms with Crippen molar-refractivity contribution in [2.75, 3.05) is 5.32 Å². The summed E-state index contributed by atoms with van der Waals surface area (Å²) in [5.41, 5.74) is 3.03. The molecule has 0 atom stereocenters. The van der Waals surface area contributed by atoms with Crippen LogP contribution in [0.3, 0.4) is 0 Å². The van der Waals surface area contributed by atoms with Crippen LogP contribution in [0.4, 0.5) is 5.69 Å². The van der Waals surface area contributed by atoms with Crippen molar-refractivity contribution >= 4 is 17.3 Å². The van der Waals surface area contributed by atoms with Gasteiger partial charge in [-0.25, -0.2) is 0 Å². The molecule has 0 fully saturated rings. The molecule has 24 heavy (non-hydrogen) atoms. The third-order valence-electron chi connectivity index (χ3n) is 3.61. The minimum absolute atomic E-state index is 0.260. The van der Waals surface area contributed by atoms with Crippen LogP contribution in [0.5, 0.6) is 11.5 Å². The Bertz CT molecular complexity index is 803. The van der Waals surface area contributed by atoms with Crippen molar-refractivity contribution in [3.05, 3.63) is 88.9 Å².